The lowest BCUT2D eigenvalue weighted by atomic mass is 10.2. The third-order valence-corrected chi connectivity index (χ3v) is 4.28. The number of nitrogens with one attached hydrogen (secondary N) is 1. The second-order valence-electron chi connectivity index (χ2n) is 6.19. The molecule has 26 heavy (non-hydrogen) atoms. The van der Waals surface area contributed by atoms with Crippen LogP contribution in [0.3, 0.4) is 0 Å². The molecule has 1 aliphatic rings. The van der Waals surface area contributed by atoms with Gasteiger partial charge >= 0.3 is 0 Å². The van der Waals surface area contributed by atoms with Gasteiger partial charge in [-0.3, -0.25) is 4.79 Å². The third kappa shape index (κ3) is 4.51. The first-order valence-electron chi connectivity index (χ1n) is 8.83. The molecule has 1 saturated heterocycles. The summed E-state index contributed by atoms with van der Waals surface area (Å²) in [5.74, 6) is 2.76. The summed E-state index contributed by atoms with van der Waals surface area (Å²) in [6.07, 6.45) is 2.44. The number of carbonyl (C=O) groups excluding carboxylic acids is 1. The van der Waals surface area contributed by atoms with Crippen molar-refractivity contribution in [3.63, 3.8) is 0 Å². The highest BCUT2D eigenvalue weighted by molar-refractivity contribution is 5.91. The molecule has 0 unspecified atom stereocenters. The van der Waals surface area contributed by atoms with Gasteiger partial charge in [0.1, 0.15) is 17.5 Å². The average molecular weight is 359 g/mol. The predicted octanol–water partition coefficient (Wildman–Crippen LogP) is 1.79. The van der Waals surface area contributed by atoms with E-state index in [1.54, 1.807) is 19.2 Å². The molecule has 0 aromatic carbocycles. The van der Waals surface area contributed by atoms with Gasteiger partial charge in [0.2, 0.25) is 0 Å². The Hall–Kier alpha value is -2.61. The summed E-state index contributed by atoms with van der Waals surface area (Å²) in [5, 5.41) is 3.31. The number of hydrogen-bond donors (Lipinski definition) is 1. The van der Waals surface area contributed by atoms with Crippen LogP contribution in [-0.2, 0) is 4.74 Å². The van der Waals surface area contributed by atoms with Gasteiger partial charge in [-0.15, -0.1) is 0 Å². The molecule has 3 heterocycles. The van der Waals surface area contributed by atoms with Crippen LogP contribution >= 0.6 is 0 Å². The Morgan fingerprint density at radius 1 is 1.31 bits per heavy atom. The number of methoxy groups -OCH3 is 1. The number of piperazine rings is 1. The molecule has 8 nitrogen and oxygen atoms in total. The maximum atomic E-state index is 12.4. The summed E-state index contributed by atoms with van der Waals surface area (Å²) in [6.45, 7) is 6.14. The summed E-state index contributed by atoms with van der Waals surface area (Å²) in [5.41, 5.74) is 0. The minimum Gasteiger partial charge on any atom is -0.459 e. The molecule has 1 aliphatic heterocycles. The molecule has 140 valence electrons. The van der Waals surface area contributed by atoms with Crippen molar-refractivity contribution >= 4 is 17.5 Å². The normalized spacial score (nSPS) is 14.5. The van der Waals surface area contributed by atoms with Crippen LogP contribution in [0.25, 0.3) is 0 Å². The number of carbonyl (C=O) groups is 1. The van der Waals surface area contributed by atoms with Crippen molar-refractivity contribution < 1.29 is 13.9 Å². The van der Waals surface area contributed by atoms with Crippen LogP contribution < -0.4 is 10.2 Å². The van der Waals surface area contributed by atoms with E-state index in [-0.39, 0.29) is 5.91 Å². The molecular formula is C18H25N5O3. The van der Waals surface area contributed by atoms with E-state index in [0.717, 1.165) is 50.1 Å². The van der Waals surface area contributed by atoms with Gasteiger partial charge in [-0.05, 0) is 25.5 Å². The SMILES string of the molecule is COCCCNc1cc(N2CCN(C(=O)c3ccco3)CC2)nc(C)n1. The Bertz CT molecular complexity index is 712. The molecule has 0 saturated carbocycles. The number of amides is 1. The summed E-state index contributed by atoms with van der Waals surface area (Å²) < 4.78 is 10.3. The van der Waals surface area contributed by atoms with Gasteiger partial charge in [-0.1, -0.05) is 0 Å². The molecule has 0 bridgehead atoms. The standard InChI is InChI=1S/C18H25N5O3/c1-14-20-16(19-6-4-11-25-2)13-17(21-14)22-7-9-23(10-8-22)18(24)15-5-3-12-26-15/h3,5,12-13H,4,6-11H2,1-2H3,(H,19,20,21). The lowest BCUT2D eigenvalue weighted by molar-refractivity contribution is 0.0714. The van der Waals surface area contributed by atoms with E-state index in [0.29, 0.717) is 18.8 Å². The number of aryl methyl sites for hydroxylation is 1. The van der Waals surface area contributed by atoms with E-state index >= 15 is 0 Å². The first-order valence-corrected chi connectivity index (χ1v) is 8.83. The van der Waals surface area contributed by atoms with Crippen LogP contribution in [0.5, 0.6) is 0 Å². The molecule has 3 rings (SSSR count). The molecule has 1 amide bonds. The predicted molar refractivity (Wildman–Crippen MR) is 98.6 cm³/mol. The van der Waals surface area contributed by atoms with E-state index in [2.05, 4.69) is 20.2 Å². The number of ether oxygens (including phenoxy) is 1. The largest absolute Gasteiger partial charge is 0.459 e. The monoisotopic (exact) mass is 359 g/mol. The second-order valence-corrected chi connectivity index (χ2v) is 6.19. The van der Waals surface area contributed by atoms with Gasteiger partial charge in [-0.25, -0.2) is 9.97 Å². The maximum Gasteiger partial charge on any atom is 0.289 e. The quantitative estimate of drug-likeness (QED) is 0.755. The van der Waals surface area contributed by atoms with E-state index in [9.17, 15) is 4.79 Å². The van der Waals surface area contributed by atoms with Gasteiger partial charge in [0.25, 0.3) is 5.91 Å². The second kappa shape index (κ2) is 8.66. The van der Waals surface area contributed by atoms with E-state index in [4.69, 9.17) is 9.15 Å². The highest BCUT2D eigenvalue weighted by Crippen LogP contribution is 2.18. The Morgan fingerprint density at radius 2 is 2.12 bits per heavy atom. The van der Waals surface area contributed by atoms with Crippen LogP contribution in [0.15, 0.2) is 28.9 Å². The van der Waals surface area contributed by atoms with Crippen LogP contribution in [-0.4, -0.2) is 67.2 Å². The number of rotatable bonds is 7. The lowest BCUT2D eigenvalue weighted by Gasteiger charge is -2.35. The fraction of sp³-hybridized carbons (Fsp3) is 0.500. The zero-order valence-electron chi connectivity index (χ0n) is 15.3. The molecule has 0 radical (unpaired) electrons. The average Bonchev–Trinajstić information content (AvgIpc) is 3.19. The van der Waals surface area contributed by atoms with Gasteiger partial charge in [0.05, 0.1) is 6.26 Å². The zero-order chi connectivity index (χ0) is 18.4. The van der Waals surface area contributed by atoms with Gasteiger partial charge in [-0.2, -0.15) is 0 Å². The highest BCUT2D eigenvalue weighted by Gasteiger charge is 2.24. The molecule has 0 aliphatic carbocycles. The molecule has 0 spiro atoms. The van der Waals surface area contributed by atoms with Crippen LogP contribution in [0.4, 0.5) is 11.6 Å². The van der Waals surface area contributed by atoms with Crippen molar-refractivity contribution in [3.05, 3.63) is 36.0 Å². The van der Waals surface area contributed by atoms with Crippen LogP contribution in [0, 0.1) is 6.92 Å². The fourth-order valence-corrected chi connectivity index (χ4v) is 2.93. The summed E-state index contributed by atoms with van der Waals surface area (Å²) in [4.78, 5) is 25.3. The topological polar surface area (TPSA) is 83.7 Å². The molecule has 2 aromatic heterocycles. The molecule has 2 aromatic rings. The van der Waals surface area contributed by atoms with E-state index in [1.165, 1.54) is 6.26 Å². The van der Waals surface area contributed by atoms with Crippen molar-refractivity contribution in [2.75, 3.05) is 56.7 Å². The van der Waals surface area contributed by atoms with E-state index < -0.39 is 0 Å². The Morgan fingerprint density at radius 3 is 2.81 bits per heavy atom. The first-order chi connectivity index (χ1) is 12.7. The van der Waals surface area contributed by atoms with Crippen LogP contribution in [0.1, 0.15) is 22.8 Å². The summed E-state index contributed by atoms with van der Waals surface area (Å²) in [6, 6.07) is 5.39. The molecule has 1 fully saturated rings. The lowest BCUT2D eigenvalue weighted by Crippen LogP contribution is -2.49. The van der Waals surface area contributed by atoms with Gasteiger partial charge in [0.15, 0.2) is 5.76 Å². The van der Waals surface area contributed by atoms with Crippen molar-refractivity contribution in [2.45, 2.75) is 13.3 Å². The van der Waals surface area contributed by atoms with Gasteiger partial charge < -0.3 is 24.3 Å². The highest BCUT2D eigenvalue weighted by atomic mass is 16.5. The summed E-state index contributed by atoms with van der Waals surface area (Å²) in [7, 11) is 1.70. The minimum absolute atomic E-state index is 0.0611. The smallest absolute Gasteiger partial charge is 0.289 e. The number of nitrogens with zero attached hydrogens (tertiary/aromatic N) is 4. The van der Waals surface area contributed by atoms with Crippen molar-refractivity contribution in [2.24, 2.45) is 0 Å². The molecular weight excluding hydrogens is 334 g/mol. The molecule has 1 N–H and O–H groups in total. The van der Waals surface area contributed by atoms with Gasteiger partial charge in [0, 0.05) is 52.5 Å². The van der Waals surface area contributed by atoms with E-state index in [1.807, 2.05) is 17.9 Å². The minimum atomic E-state index is -0.0611. The summed E-state index contributed by atoms with van der Waals surface area (Å²) >= 11 is 0. The van der Waals surface area contributed by atoms with Crippen LogP contribution in [0.2, 0.25) is 0 Å². The first kappa shape index (κ1) is 18.2. The fourth-order valence-electron chi connectivity index (χ4n) is 2.93. The van der Waals surface area contributed by atoms with Crippen molar-refractivity contribution in [1.82, 2.24) is 14.9 Å². The number of furan rings is 1. The number of anilines is 2. The Balaban J connectivity index is 1.58. The maximum absolute atomic E-state index is 12.4. The van der Waals surface area contributed by atoms with Crippen molar-refractivity contribution in [1.29, 1.82) is 0 Å². The molecule has 8 heteroatoms. The zero-order valence-corrected chi connectivity index (χ0v) is 15.3. The molecule has 0 atom stereocenters. The Labute approximate surface area is 153 Å². The number of aromatic nitrogens is 2. The van der Waals surface area contributed by atoms with Crippen molar-refractivity contribution in [3.8, 4) is 0 Å². The number of hydrogen-bond acceptors (Lipinski definition) is 7. The Kier molecular flexibility index (Phi) is 6.06. The third-order valence-electron chi connectivity index (χ3n) is 4.28.